The van der Waals surface area contributed by atoms with Crippen LogP contribution in [-0.2, 0) is 11.2 Å². The average Bonchev–Trinajstić information content (AvgIpc) is 2.50. The van der Waals surface area contributed by atoms with Crippen LogP contribution in [0.1, 0.15) is 16.5 Å². The van der Waals surface area contributed by atoms with Crippen molar-refractivity contribution in [2.75, 3.05) is 13.2 Å². The van der Waals surface area contributed by atoms with Gasteiger partial charge in [-0.1, -0.05) is 0 Å². The lowest BCUT2D eigenvalue weighted by atomic mass is 10.1. The van der Waals surface area contributed by atoms with Crippen molar-refractivity contribution < 1.29 is 4.74 Å². The molecule has 2 rings (SSSR count). The van der Waals surface area contributed by atoms with Crippen LogP contribution in [0.25, 0.3) is 0 Å². The van der Waals surface area contributed by atoms with Crippen LogP contribution in [0.2, 0.25) is 0 Å². The molecule has 0 bridgehead atoms. The van der Waals surface area contributed by atoms with Crippen molar-refractivity contribution in [3.8, 4) is 0 Å². The number of fused-ring (bicyclic) bond motifs is 1. The Labute approximate surface area is 82.1 Å². The van der Waals surface area contributed by atoms with Crippen LogP contribution in [0.15, 0.2) is 11.4 Å². The van der Waals surface area contributed by atoms with Gasteiger partial charge < -0.3 is 10.5 Å². The maximum atomic E-state index is 5.56. The third-order valence-electron chi connectivity index (χ3n) is 1.98. The van der Waals surface area contributed by atoms with Crippen molar-refractivity contribution in [1.82, 2.24) is 0 Å². The first kappa shape index (κ1) is 9.99. The molecule has 2 nitrogen and oxygen atoms in total. The summed E-state index contributed by atoms with van der Waals surface area (Å²) in [4.78, 5) is 1.33. The Balaban J connectivity index is 0.000000720. The largest absolute Gasteiger partial charge is 0.371 e. The Morgan fingerprint density at radius 1 is 1.67 bits per heavy atom. The number of rotatable bonds is 1. The first-order valence-corrected chi connectivity index (χ1v) is 4.67. The zero-order chi connectivity index (χ0) is 7.68. The highest BCUT2D eigenvalue weighted by Gasteiger charge is 2.19. The number of thiophene rings is 1. The molecule has 2 N–H and O–H groups in total. The molecular weight excluding hydrogens is 194 g/mol. The molecule has 0 amide bonds. The summed E-state index contributed by atoms with van der Waals surface area (Å²) in [6.45, 7) is 1.43. The highest BCUT2D eigenvalue weighted by molar-refractivity contribution is 7.10. The summed E-state index contributed by atoms with van der Waals surface area (Å²) < 4.78 is 5.50. The van der Waals surface area contributed by atoms with E-state index in [-0.39, 0.29) is 18.5 Å². The minimum absolute atomic E-state index is 0. The lowest BCUT2D eigenvalue weighted by Gasteiger charge is -2.21. The van der Waals surface area contributed by atoms with Crippen LogP contribution in [-0.4, -0.2) is 13.2 Å². The van der Waals surface area contributed by atoms with Crippen LogP contribution in [0, 0.1) is 0 Å². The fourth-order valence-electron chi connectivity index (χ4n) is 1.40. The van der Waals surface area contributed by atoms with E-state index in [0.717, 1.165) is 13.0 Å². The molecule has 1 aliphatic heterocycles. The summed E-state index contributed by atoms with van der Waals surface area (Å²) in [5.74, 6) is 0. The number of hydrogen-bond acceptors (Lipinski definition) is 3. The molecule has 4 heteroatoms. The maximum absolute atomic E-state index is 5.56. The van der Waals surface area contributed by atoms with Crippen LogP contribution in [0.3, 0.4) is 0 Å². The topological polar surface area (TPSA) is 35.2 Å². The van der Waals surface area contributed by atoms with Gasteiger partial charge in [0.05, 0.1) is 6.61 Å². The van der Waals surface area contributed by atoms with Crippen LogP contribution >= 0.6 is 23.7 Å². The second kappa shape index (κ2) is 4.23. The minimum Gasteiger partial charge on any atom is -0.371 e. The van der Waals surface area contributed by atoms with Gasteiger partial charge in [-0.2, -0.15) is 0 Å². The zero-order valence-corrected chi connectivity index (χ0v) is 8.29. The Morgan fingerprint density at radius 3 is 3.25 bits per heavy atom. The molecule has 0 saturated heterocycles. The van der Waals surface area contributed by atoms with E-state index in [0.29, 0.717) is 6.54 Å². The van der Waals surface area contributed by atoms with Gasteiger partial charge in [0.15, 0.2) is 0 Å². The van der Waals surface area contributed by atoms with Crippen molar-refractivity contribution in [2.45, 2.75) is 12.5 Å². The third kappa shape index (κ3) is 1.64. The molecule has 0 radical (unpaired) electrons. The first-order valence-electron chi connectivity index (χ1n) is 3.79. The normalized spacial score (nSPS) is 21.2. The summed E-state index contributed by atoms with van der Waals surface area (Å²) in [7, 11) is 0. The van der Waals surface area contributed by atoms with E-state index >= 15 is 0 Å². The van der Waals surface area contributed by atoms with E-state index in [2.05, 4.69) is 11.4 Å². The molecule has 0 spiro atoms. The predicted molar refractivity (Wildman–Crippen MR) is 53.0 cm³/mol. The summed E-state index contributed by atoms with van der Waals surface area (Å²) in [6, 6.07) is 2.17. The van der Waals surface area contributed by atoms with E-state index in [1.54, 1.807) is 11.3 Å². The van der Waals surface area contributed by atoms with Gasteiger partial charge >= 0.3 is 0 Å². The summed E-state index contributed by atoms with van der Waals surface area (Å²) >= 11 is 1.75. The van der Waals surface area contributed by atoms with Crippen molar-refractivity contribution in [1.29, 1.82) is 0 Å². The summed E-state index contributed by atoms with van der Waals surface area (Å²) in [5, 5.41) is 2.11. The Morgan fingerprint density at radius 2 is 2.50 bits per heavy atom. The van der Waals surface area contributed by atoms with E-state index in [1.807, 2.05) is 0 Å². The molecule has 0 saturated carbocycles. The van der Waals surface area contributed by atoms with Crippen molar-refractivity contribution in [3.05, 3.63) is 21.9 Å². The average molecular weight is 206 g/mol. The predicted octanol–water partition coefficient (Wildman–Crippen LogP) is 1.74. The van der Waals surface area contributed by atoms with E-state index < -0.39 is 0 Å². The molecule has 1 atom stereocenters. The number of ether oxygens (including phenoxy) is 1. The molecule has 0 aliphatic carbocycles. The lowest BCUT2D eigenvalue weighted by Crippen LogP contribution is -2.21. The van der Waals surface area contributed by atoms with Crippen molar-refractivity contribution in [2.24, 2.45) is 5.73 Å². The monoisotopic (exact) mass is 205 g/mol. The van der Waals surface area contributed by atoms with Crippen LogP contribution < -0.4 is 5.73 Å². The molecule has 2 heterocycles. The van der Waals surface area contributed by atoms with Gasteiger partial charge in [-0.05, 0) is 23.4 Å². The van der Waals surface area contributed by atoms with Gasteiger partial charge in [0.2, 0.25) is 0 Å². The molecule has 1 aliphatic rings. The quantitative estimate of drug-likeness (QED) is 0.758. The standard InChI is InChI=1S/C8H11NOS.ClH/c9-5-7-8-6(1-3-10-7)2-4-11-8;/h2,4,7H,1,3,5,9H2;1H/t7-;/m1./s1. The van der Waals surface area contributed by atoms with Gasteiger partial charge in [0, 0.05) is 11.4 Å². The smallest absolute Gasteiger partial charge is 0.104 e. The number of nitrogens with two attached hydrogens (primary N) is 1. The molecule has 0 fully saturated rings. The van der Waals surface area contributed by atoms with E-state index in [1.165, 1.54) is 10.4 Å². The molecule has 68 valence electrons. The summed E-state index contributed by atoms with van der Waals surface area (Å²) in [6.07, 6.45) is 1.22. The van der Waals surface area contributed by atoms with Crippen LogP contribution in [0.4, 0.5) is 0 Å². The van der Waals surface area contributed by atoms with Gasteiger partial charge in [-0.25, -0.2) is 0 Å². The highest BCUT2D eigenvalue weighted by Crippen LogP contribution is 2.30. The molecule has 1 aromatic heterocycles. The van der Waals surface area contributed by atoms with Crippen molar-refractivity contribution >= 4 is 23.7 Å². The molecule has 0 unspecified atom stereocenters. The van der Waals surface area contributed by atoms with Gasteiger partial charge in [0.1, 0.15) is 6.10 Å². The molecule has 1 aromatic rings. The Hall–Kier alpha value is -0.0900. The van der Waals surface area contributed by atoms with Gasteiger partial charge in [-0.15, -0.1) is 23.7 Å². The maximum Gasteiger partial charge on any atom is 0.104 e. The van der Waals surface area contributed by atoms with Crippen molar-refractivity contribution in [3.63, 3.8) is 0 Å². The second-order valence-electron chi connectivity index (χ2n) is 2.66. The second-order valence-corrected chi connectivity index (χ2v) is 3.60. The fraction of sp³-hybridized carbons (Fsp3) is 0.500. The van der Waals surface area contributed by atoms with Crippen LogP contribution in [0.5, 0.6) is 0 Å². The molecule has 12 heavy (non-hydrogen) atoms. The molecular formula is C8H12ClNOS. The first-order chi connectivity index (χ1) is 5.42. The molecule has 0 aromatic carbocycles. The fourth-order valence-corrected chi connectivity index (χ4v) is 2.41. The number of halogens is 1. The number of hydrogen-bond donors (Lipinski definition) is 1. The third-order valence-corrected chi connectivity index (χ3v) is 3.03. The minimum atomic E-state index is 0. The van der Waals surface area contributed by atoms with Gasteiger partial charge in [-0.3, -0.25) is 0 Å². The Kier molecular flexibility index (Phi) is 3.53. The zero-order valence-electron chi connectivity index (χ0n) is 6.66. The van der Waals surface area contributed by atoms with E-state index in [9.17, 15) is 0 Å². The van der Waals surface area contributed by atoms with E-state index in [4.69, 9.17) is 10.5 Å². The van der Waals surface area contributed by atoms with Gasteiger partial charge in [0.25, 0.3) is 0 Å². The summed E-state index contributed by atoms with van der Waals surface area (Å²) in [5.41, 5.74) is 6.99. The highest BCUT2D eigenvalue weighted by atomic mass is 35.5. The SMILES string of the molecule is Cl.NC[C@H]1OCCc2ccsc21. The Bertz CT molecular complexity index is 251. The lowest BCUT2D eigenvalue weighted by molar-refractivity contribution is 0.0515.